The van der Waals surface area contributed by atoms with E-state index < -0.39 is 0 Å². The van der Waals surface area contributed by atoms with Crippen LogP contribution in [-0.2, 0) is 6.42 Å². The lowest BCUT2D eigenvalue weighted by Crippen LogP contribution is -2.44. The van der Waals surface area contributed by atoms with Gasteiger partial charge in [0.2, 0.25) is 0 Å². The van der Waals surface area contributed by atoms with Crippen molar-refractivity contribution in [3.63, 3.8) is 0 Å². The predicted octanol–water partition coefficient (Wildman–Crippen LogP) is 3.91. The monoisotopic (exact) mass is 517 g/mol. The Morgan fingerprint density at radius 2 is 2.07 bits per heavy atom. The van der Waals surface area contributed by atoms with Crippen LogP contribution in [0.3, 0.4) is 0 Å². The second-order valence-corrected chi connectivity index (χ2v) is 8.29. The van der Waals surface area contributed by atoms with Crippen molar-refractivity contribution < 1.29 is 4.42 Å². The number of aromatic nitrogens is 1. The zero-order valence-corrected chi connectivity index (χ0v) is 20.2. The number of nitrogens with zero attached hydrogens (tertiary/aromatic N) is 3. The number of halogens is 1. The Bertz CT molecular complexity index is 706. The first kappa shape index (κ1) is 23.2. The molecule has 156 valence electrons. The summed E-state index contributed by atoms with van der Waals surface area (Å²) in [6, 6.07) is 4.28. The molecule has 2 aromatic rings. The molecule has 3 rings (SSSR count). The van der Waals surface area contributed by atoms with Crippen molar-refractivity contribution in [1.29, 1.82) is 0 Å². The van der Waals surface area contributed by atoms with Gasteiger partial charge in [-0.2, -0.15) is 0 Å². The summed E-state index contributed by atoms with van der Waals surface area (Å²) in [5, 5.41) is 8.06. The van der Waals surface area contributed by atoms with Crippen LogP contribution < -0.4 is 10.6 Å². The van der Waals surface area contributed by atoms with E-state index in [4.69, 9.17) is 4.42 Å². The minimum Gasteiger partial charge on any atom is -0.468 e. The summed E-state index contributed by atoms with van der Waals surface area (Å²) in [4.78, 5) is 12.8. The van der Waals surface area contributed by atoms with Crippen LogP contribution in [-0.4, -0.2) is 49.1 Å². The number of rotatable bonds is 7. The maximum Gasteiger partial charge on any atom is 0.191 e. The van der Waals surface area contributed by atoms with E-state index in [9.17, 15) is 0 Å². The van der Waals surface area contributed by atoms with Crippen LogP contribution >= 0.6 is 35.3 Å². The molecule has 0 amide bonds. The molecule has 0 aliphatic carbocycles. The van der Waals surface area contributed by atoms with E-state index in [-0.39, 0.29) is 30.0 Å². The number of guanidine groups is 1. The van der Waals surface area contributed by atoms with Gasteiger partial charge in [-0.25, -0.2) is 4.98 Å². The lowest BCUT2D eigenvalue weighted by atomic mass is 10.1. The van der Waals surface area contributed by atoms with Crippen LogP contribution in [0.5, 0.6) is 0 Å². The summed E-state index contributed by atoms with van der Waals surface area (Å²) in [6.07, 6.45) is 6.52. The first-order valence-corrected chi connectivity index (χ1v) is 10.6. The van der Waals surface area contributed by atoms with E-state index in [2.05, 4.69) is 45.4 Å². The largest absolute Gasteiger partial charge is 0.468 e. The summed E-state index contributed by atoms with van der Waals surface area (Å²) in [5.41, 5.74) is 1.14. The summed E-state index contributed by atoms with van der Waals surface area (Å²) in [6.45, 7) is 8.05. The van der Waals surface area contributed by atoms with Gasteiger partial charge in [-0.3, -0.25) is 9.89 Å². The Hall–Kier alpha value is -1.13. The first-order chi connectivity index (χ1) is 13.2. The number of hydrogen-bond acceptors (Lipinski definition) is 5. The highest BCUT2D eigenvalue weighted by Crippen LogP contribution is 2.24. The fourth-order valence-electron chi connectivity index (χ4n) is 3.47. The van der Waals surface area contributed by atoms with E-state index in [1.165, 1.54) is 29.1 Å². The highest BCUT2D eigenvalue weighted by Gasteiger charge is 2.24. The Labute approximate surface area is 189 Å². The minimum absolute atomic E-state index is 0. The summed E-state index contributed by atoms with van der Waals surface area (Å²) < 4.78 is 5.72. The van der Waals surface area contributed by atoms with E-state index in [0.717, 1.165) is 50.0 Å². The number of nitrogens with one attached hydrogen (secondary N) is 2. The molecule has 1 saturated heterocycles. The van der Waals surface area contributed by atoms with Gasteiger partial charge in [0.25, 0.3) is 0 Å². The lowest BCUT2D eigenvalue weighted by molar-refractivity contribution is 0.146. The van der Waals surface area contributed by atoms with Gasteiger partial charge < -0.3 is 15.1 Å². The maximum absolute atomic E-state index is 5.72. The molecule has 2 N–H and O–H groups in total. The summed E-state index contributed by atoms with van der Waals surface area (Å²) in [5.74, 6) is 1.85. The molecule has 1 fully saturated rings. The van der Waals surface area contributed by atoms with Crippen LogP contribution in [0.1, 0.15) is 46.6 Å². The Morgan fingerprint density at radius 1 is 1.29 bits per heavy atom. The van der Waals surface area contributed by atoms with Crippen molar-refractivity contribution in [3.8, 4) is 0 Å². The van der Waals surface area contributed by atoms with Gasteiger partial charge in [0.1, 0.15) is 5.76 Å². The van der Waals surface area contributed by atoms with E-state index in [1.54, 1.807) is 17.6 Å². The molecule has 0 spiro atoms. The number of likely N-dealkylation sites (tertiary alicyclic amines) is 1. The number of aryl methyl sites for hydroxylation is 2. The Kier molecular flexibility index (Phi) is 9.73. The van der Waals surface area contributed by atoms with Crippen LogP contribution in [0.25, 0.3) is 0 Å². The van der Waals surface area contributed by atoms with Crippen molar-refractivity contribution in [3.05, 3.63) is 39.7 Å². The highest BCUT2D eigenvalue weighted by atomic mass is 127. The Morgan fingerprint density at radius 3 is 2.68 bits per heavy atom. The van der Waals surface area contributed by atoms with Gasteiger partial charge >= 0.3 is 0 Å². The average molecular weight is 517 g/mol. The van der Waals surface area contributed by atoms with Gasteiger partial charge in [0, 0.05) is 31.4 Å². The lowest BCUT2D eigenvalue weighted by Gasteiger charge is -2.33. The minimum atomic E-state index is 0. The molecule has 28 heavy (non-hydrogen) atoms. The first-order valence-electron chi connectivity index (χ1n) is 9.82. The standard InChI is InChI=1S/C20H31N5OS.HI/c1-15-16(2)27-19(24-15)9-10-22-20(21-3)23-14-17(18-8-7-13-26-18)25-11-5-4-6-12-25;/h7-8,13,17H,4-6,9-12,14H2,1-3H3,(H2,21,22,23);1H. The molecule has 1 aliphatic heterocycles. The second-order valence-electron chi connectivity index (χ2n) is 7.01. The van der Waals surface area contributed by atoms with Crippen LogP contribution in [0.15, 0.2) is 27.8 Å². The van der Waals surface area contributed by atoms with Crippen LogP contribution in [0, 0.1) is 13.8 Å². The van der Waals surface area contributed by atoms with E-state index >= 15 is 0 Å². The molecule has 0 bridgehead atoms. The highest BCUT2D eigenvalue weighted by molar-refractivity contribution is 14.0. The van der Waals surface area contributed by atoms with Crippen molar-refractivity contribution in [1.82, 2.24) is 20.5 Å². The molecule has 0 aromatic carbocycles. The molecule has 3 heterocycles. The van der Waals surface area contributed by atoms with E-state index in [1.807, 2.05) is 13.1 Å². The van der Waals surface area contributed by atoms with Crippen LogP contribution in [0.2, 0.25) is 0 Å². The summed E-state index contributed by atoms with van der Waals surface area (Å²) >= 11 is 1.78. The van der Waals surface area contributed by atoms with Crippen molar-refractivity contribution >= 4 is 41.3 Å². The maximum atomic E-state index is 5.72. The molecular formula is C20H32IN5OS. The van der Waals surface area contributed by atoms with Gasteiger partial charge in [-0.1, -0.05) is 6.42 Å². The van der Waals surface area contributed by atoms with Gasteiger partial charge in [-0.05, 0) is 51.9 Å². The molecule has 0 radical (unpaired) electrons. The molecule has 2 aromatic heterocycles. The smallest absolute Gasteiger partial charge is 0.191 e. The molecule has 8 heteroatoms. The topological polar surface area (TPSA) is 65.7 Å². The van der Waals surface area contributed by atoms with Gasteiger partial charge in [0.15, 0.2) is 5.96 Å². The zero-order chi connectivity index (χ0) is 19.1. The van der Waals surface area contributed by atoms with Crippen molar-refractivity contribution in [2.75, 3.05) is 33.2 Å². The third-order valence-electron chi connectivity index (χ3n) is 5.09. The molecule has 6 nitrogen and oxygen atoms in total. The molecule has 1 unspecified atom stereocenters. The SMILES string of the molecule is CN=C(NCCc1nc(C)c(C)s1)NCC(c1ccco1)N1CCCCC1.I. The zero-order valence-electron chi connectivity index (χ0n) is 17.0. The number of hydrogen-bond donors (Lipinski definition) is 2. The number of piperidine rings is 1. The fourth-order valence-corrected chi connectivity index (χ4v) is 4.40. The number of aliphatic imine (C=N–C) groups is 1. The third-order valence-corrected chi connectivity index (χ3v) is 6.23. The molecular weight excluding hydrogens is 485 g/mol. The Balaban J connectivity index is 0.00000280. The van der Waals surface area contributed by atoms with Gasteiger partial charge in [0.05, 0.1) is 23.0 Å². The normalized spacial score (nSPS) is 16.5. The average Bonchev–Trinajstić information content (AvgIpc) is 3.32. The van der Waals surface area contributed by atoms with Crippen LogP contribution in [0.4, 0.5) is 0 Å². The molecule has 1 aliphatic rings. The summed E-state index contributed by atoms with van der Waals surface area (Å²) in [7, 11) is 1.82. The van der Waals surface area contributed by atoms with Crippen molar-refractivity contribution in [2.45, 2.75) is 45.6 Å². The molecule has 1 atom stereocenters. The fraction of sp³-hybridized carbons (Fsp3) is 0.600. The number of furan rings is 1. The van der Waals surface area contributed by atoms with Crippen molar-refractivity contribution in [2.24, 2.45) is 4.99 Å². The predicted molar refractivity (Wildman–Crippen MR) is 127 cm³/mol. The van der Waals surface area contributed by atoms with E-state index in [0.29, 0.717) is 0 Å². The second kappa shape index (κ2) is 11.8. The number of thiazole rings is 1. The van der Waals surface area contributed by atoms with Gasteiger partial charge in [-0.15, -0.1) is 35.3 Å². The third kappa shape index (κ3) is 6.45. The molecule has 0 saturated carbocycles. The quantitative estimate of drug-likeness (QED) is 0.331.